The molecule has 0 aliphatic rings. The first-order valence-corrected chi connectivity index (χ1v) is 8.30. The molecule has 1 atom stereocenters. The Labute approximate surface area is 120 Å². The molecule has 0 aromatic carbocycles. The van der Waals surface area contributed by atoms with Crippen molar-refractivity contribution in [2.75, 3.05) is 6.61 Å². The van der Waals surface area contributed by atoms with E-state index in [-0.39, 0.29) is 5.97 Å². The lowest BCUT2D eigenvalue weighted by atomic mass is 10.0. The maximum atomic E-state index is 10.7. The van der Waals surface area contributed by atoms with Crippen molar-refractivity contribution in [3.05, 3.63) is 0 Å². The van der Waals surface area contributed by atoms with E-state index < -0.39 is 0 Å². The van der Waals surface area contributed by atoms with Gasteiger partial charge in [0, 0.05) is 6.92 Å². The van der Waals surface area contributed by atoms with E-state index in [1.807, 2.05) is 0 Å². The van der Waals surface area contributed by atoms with Crippen LogP contribution >= 0.6 is 0 Å². The monoisotopic (exact) mass is 270 g/mol. The van der Waals surface area contributed by atoms with E-state index in [9.17, 15) is 4.79 Å². The van der Waals surface area contributed by atoms with E-state index in [4.69, 9.17) is 4.74 Å². The summed E-state index contributed by atoms with van der Waals surface area (Å²) in [4.78, 5) is 10.7. The molecule has 0 aliphatic heterocycles. The largest absolute Gasteiger partial charge is 0.466 e. The number of esters is 1. The van der Waals surface area contributed by atoms with Crippen LogP contribution in [0.3, 0.4) is 0 Å². The zero-order valence-electron chi connectivity index (χ0n) is 13.4. The fourth-order valence-electron chi connectivity index (χ4n) is 2.32. The lowest BCUT2D eigenvalue weighted by Crippen LogP contribution is -2.09. The summed E-state index contributed by atoms with van der Waals surface area (Å²) < 4.78 is 5.01. The number of hydrogen-bond acceptors (Lipinski definition) is 2. The maximum Gasteiger partial charge on any atom is 0.302 e. The molecule has 2 heteroatoms. The lowest BCUT2D eigenvalue weighted by molar-refractivity contribution is -0.142. The van der Waals surface area contributed by atoms with E-state index in [2.05, 4.69) is 13.8 Å². The molecule has 0 rings (SSSR count). The molecule has 0 aromatic heterocycles. The van der Waals surface area contributed by atoms with Gasteiger partial charge < -0.3 is 4.74 Å². The minimum Gasteiger partial charge on any atom is -0.466 e. The fourth-order valence-corrected chi connectivity index (χ4v) is 2.32. The second-order valence-electron chi connectivity index (χ2n) is 5.88. The highest BCUT2D eigenvalue weighted by Crippen LogP contribution is 2.14. The second kappa shape index (κ2) is 13.9. The van der Waals surface area contributed by atoms with Gasteiger partial charge in [-0.1, -0.05) is 78.1 Å². The van der Waals surface area contributed by atoms with Crippen LogP contribution in [0.15, 0.2) is 0 Å². The molecule has 0 aromatic rings. The number of hydrogen-bond donors (Lipinski definition) is 0. The third-order valence-corrected chi connectivity index (χ3v) is 3.62. The Kier molecular flexibility index (Phi) is 13.5. The van der Waals surface area contributed by atoms with Crippen LogP contribution in [0.1, 0.15) is 91.4 Å². The molecule has 0 radical (unpaired) electrons. The van der Waals surface area contributed by atoms with Crippen LogP contribution in [0.5, 0.6) is 0 Å². The summed E-state index contributed by atoms with van der Waals surface area (Å²) in [7, 11) is 0. The van der Waals surface area contributed by atoms with Crippen molar-refractivity contribution in [2.45, 2.75) is 91.4 Å². The fraction of sp³-hybridized carbons (Fsp3) is 0.941. The molecule has 0 amide bonds. The Morgan fingerprint density at radius 3 is 1.84 bits per heavy atom. The Morgan fingerprint density at radius 2 is 1.37 bits per heavy atom. The minimum absolute atomic E-state index is 0.157. The predicted molar refractivity (Wildman–Crippen MR) is 82.3 cm³/mol. The van der Waals surface area contributed by atoms with E-state index in [0.29, 0.717) is 12.5 Å². The summed E-state index contributed by atoms with van der Waals surface area (Å²) >= 11 is 0. The number of ether oxygens (including phenoxy) is 1. The summed E-state index contributed by atoms with van der Waals surface area (Å²) in [5.74, 6) is 0.355. The Morgan fingerprint density at radius 1 is 0.895 bits per heavy atom. The predicted octanol–water partition coefficient (Wildman–Crippen LogP) is 5.50. The molecule has 0 spiro atoms. The third-order valence-electron chi connectivity index (χ3n) is 3.62. The van der Waals surface area contributed by atoms with Crippen LogP contribution in [-0.2, 0) is 9.53 Å². The van der Waals surface area contributed by atoms with Crippen LogP contribution < -0.4 is 0 Å². The third kappa shape index (κ3) is 15.4. The first kappa shape index (κ1) is 18.5. The maximum absolute atomic E-state index is 10.7. The van der Waals surface area contributed by atoms with Gasteiger partial charge in [0.05, 0.1) is 6.61 Å². The molecule has 0 heterocycles. The van der Waals surface area contributed by atoms with Gasteiger partial charge in [0.25, 0.3) is 0 Å². The quantitative estimate of drug-likeness (QED) is 0.326. The average molecular weight is 270 g/mol. The summed E-state index contributed by atoms with van der Waals surface area (Å²) in [5, 5.41) is 0. The molecule has 114 valence electrons. The van der Waals surface area contributed by atoms with Crippen molar-refractivity contribution < 1.29 is 9.53 Å². The highest BCUT2D eigenvalue weighted by Gasteiger charge is 2.03. The molecule has 0 bridgehead atoms. The number of unbranched alkanes of at least 4 members (excludes halogenated alkanes) is 9. The highest BCUT2D eigenvalue weighted by molar-refractivity contribution is 5.65. The van der Waals surface area contributed by atoms with Crippen LogP contribution in [0, 0.1) is 5.92 Å². The molecule has 0 fully saturated rings. The molecule has 0 saturated heterocycles. The van der Waals surface area contributed by atoms with Gasteiger partial charge in [-0.05, 0) is 12.3 Å². The summed E-state index contributed by atoms with van der Waals surface area (Å²) in [6.07, 6.45) is 15.0. The molecule has 0 N–H and O–H groups in total. The van der Waals surface area contributed by atoms with Crippen molar-refractivity contribution in [1.29, 1.82) is 0 Å². The van der Waals surface area contributed by atoms with Gasteiger partial charge in [-0.2, -0.15) is 0 Å². The normalized spacial score (nSPS) is 12.4. The summed E-state index contributed by atoms with van der Waals surface area (Å²) in [5.41, 5.74) is 0. The van der Waals surface area contributed by atoms with Crippen molar-refractivity contribution in [2.24, 2.45) is 5.92 Å². The average Bonchev–Trinajstić information content (AvgIpc) is 2.38. The zero-order valence-corrected chi connectivity index (χ0v) is 13.4. The topological polar surface area (TPSA) is 26.3 Å². The molecule has 0 aliphatic carbocycles. The molecule has 19 heavy (non-hydrogen) atoms. The Bertz CT molecular complexity index is 201. The van der Waals surface area contributed by atoms with Crippen molar-refractivity contribution in [1.82, 2.24) is 0 Å². The summed E-state index contributed by atoms with van der Waals surface area (Å²) in [6, 6.07) is 0. The molecule has 0 unspecified atom stereocenters. The van der Waals surface area contributed by atoms with Gasteiger partial charge in [0.1, 0.15) is 0 Å². The SMILES string of the molecule is CCCCCCCCCCCC[C@H](C)COC(C)=O. The molecular formula is C17H34O2. The first-order valence-electron chi connectivity index (χ1n) is 8.30. The van der Waals surface area contributed by atoms with Crippen molar-refractivity contribution >= 4 is 5.97 Å². The number of rotatable bonds is 13. The van der Waals surface area contributed by atoms with Crippen molar-refractivity contribution in [3.63, 3.8) is 0 Å². The molecule has 2 nitrogen and oxygen atoms in total. The summed E-state index contributed by atoms with van der Waals surface area (Å²) in [6.45, 7) is 6.50. The van der Waals surface area contributed by atoms with E-state index in [1.54, 1.807) is 0 Å². The van der Waals surface area contributed by atoms with Gasteiger partial charge in [0.2, 0.25) is 0 Å². The van der Waals surface area contributed by atoms with Gasteiger partial charge in [-0.15, -0.1) is 0 Å². The van der Waals surface area contributed by atoms with Gasteiger partial charge >= 0.3 is 5.97 Å². The smallest absolute Gasteiger partial charge is 0.302 e. The van der Waals surface area contributed by atoms with Gasteiger partial charge in [-0.25, -0.2) is 0 Å². The van der Waals surface area contributed by atoms with Crippen molar-refractivity contribution in [3.8, 4) is 0 Å². The number of carbonyl (C=O) groups is 1. The standard InChI is InChI=1S/C17H34O2/c1-4-5-6-7-8-9-10-11-12-13-14-16(2)15-19-17(3)18/h16H,4-15H2,1-3H3/t16-/m0/s1. The highest BCUT2D eigenvalue weighted by atomic mass is 16.5. The van der Waals surface area contributed by atoms with Gasteiger partial charge in [-0.3, -0.25) is 4.79 Å². The Hall–Kier alpha value is -0.530. The Balaban J connectivity index is 3.11. The lowest BCUT2D eigenvalue weighted by Gasteiger charge is -2.10. The van der Waals surface area contributed by atoms with Crippen LogP contribution in [0.25, 0.3) is 0 Å². The van der Waals surface area contributed by atoms with Crippen LogP contribution in [0.2, 0.25) is 0 Å². The zero-order chi connectivity index (χ0) is 14.3. The van der Waals surface area contributed by atoms with E-state index in [1.165, 1.54) is 77.6 Å². The van der Waals surface area contributed by atoms with Crippen LogP contribution in [-0.4, -0.2) is 12.6 Å². The second-order valence-corrected chi connectivity index (χ2v) is 5.88. The van der Waals surface area contributed by atoms with Gasteiger partial charge in [0.15, 0.2) is 0 Å². The first-order chi connectivity index (χ1) is 9.16. The number of carbonyl (C=O) groups excluding carboxylic acids is 1. The molecular weight excluding hydrogens is 236 g/mol. The molecule has 0 saturated carbocycles. The minimum atomic E-state index is -0.157. The van der Waals surface area contributed by atoms with E-state index >= 15 is 0 Å². The van der Waals surface area contributed by atoms with E-state index in [0.717, 1.165) is 0 Å². The van der Waals surface area contributed by atoms with Crippen LogP contribution in [0.4, 0.5) is 0 Å².